The van der Waals surface area contributed by atoms with Gasteiger partial charge in [-0.25, -0.2) is 17.4 Å². The zero-order valence-electron chi connectivity index (χ0n) is 19.9. The summed E-state index contributed by atoms with van der Waals surface area (Å²) in [6.45, 7) is 4.00. The van der Waals surface area contributed by atoms with Gasteiger partial charge >= 0.3 is 0 Å². The number of hydrogen-bond acceptors (Lipinski definition) is 6. The number of sulfonamides is 1. The first kappa shape index (κ1) is 25.3. The van der Waals surface area contributed by atoms with Gasteiger partial charge in [0.2, 0.25) is 10.0 Å². The fraction of sp³-hybridized carbons (Fsp3) is 0.240. The second-order valence-electron chi connectivity index (χ2n) is 8.33. The van der Waals surface area contributed by atoms with E-state index in [9.17, 15) is 13.2 Å². The monoisotopic (exact) mass is 526 g/mol. The number of thioether (sulfide) groups is 1. The minimum absolute atomic E-state index is 0.0195. The summed E-state index contributed by atoms with van der Waals surface area (Å²) in [5.41, 5.74) is 2.98. The van der Waals surface area contributed by atoms with Crippen LogP contribution < -0.4 is 0 Å². The fourth-order valence-electron chi connectivity index (χ4n) is 3.61. The molecule has 3 aromatic rings. The topological polar surface area (TPSA) is 75.5 Å². The number of thiocarbonyl (C=S) groups is 1. The highest BCUT2D eigenvalue weighted by molar-refractivity contribution is 8.26. The number of nitrogens with zero attached hydrogens (tertiary/aromatic N) is 4. The van der Waals surface area contributed by atoms with E-state index in [0.717, 1.165) is 23.2 Å². The number of para-hydroxylation sites is 1. The van der Waals surface area contributed by atoms with Crippen molar-refractivity contribution in [3.05, 3.63) is 71.3 Å². The molecule has 0 N–H and O–H groups in total. The molecule has 0 radical (unpaired) electrons. The van der Waals surface area contributed by atoms with Crippen LogP contribution in [0.3, 0.4) is 0 Å². The Balaban J connectivity index is 1.80. The molecule has 1 atom stereocenters. The third-order valence-electron chi connectivity index (χ3n) is 5.81. The van der Waals surface area contributed by atoms with Gasteiger partial charge in [-0.3, -0.25) is 9.69 Å². The van der Waals surface area contributed by atoms with Crippen LogP contribution in [0, 0.1) is 0 Å². The Kier molecular flexibility index (Phi) is 7.27. The highest BCUT2D eigenvalue weighted by Crippen LogP contribution is 2.36. The van der Waals surface area contributed by atoms with E-state index in [1.807, 2.05) is 56.5 Å². The first-order valence-corrected chi connectivity index (χ1v) is 13.7. The Morgan fingerprint density at radius 3 is 2.37 bits per heavy atom. The van der Waals surface area contributed by atoms with Crippen LogP contribution in [0.4, 0.5) is 0 Å². The van der Waals surface area contributed by atoms with E-state index >= 15 is 0 Å². The van der Waals surface area contributed by atoms with Gasteiger partial charge in [0.25, 0.3) is 5.91 Å². The minimum atomic E-state index is -3.54. The molecule has 10 heteroatoms. The molecule has 1 amide bonds. The van der Waals surface area contributed by atoms with Crippen molar-refractivity contribution in [2.24, 2.45) is 0 Å². The molecular formula is C25H26N4O3S3. The van der Waals surface area contributed by atoms with Crippen molar-refractivity contribution < 1.29 is 13.2 Å². The Morgan fingerprint density at radius 2 is 1.77 bits per heavy atom. The Bertz CT molecular complexity index is 1400. The normalized spacial score (nSPS) is 16.5. The van der Waals surface area contributed by atoms with Crippen molar-refractivity contribution in [3.8, 4) is 16.9 Å². The molecule has 1 unspecified atom stereocenters. The van der Waals surface area contributed by atoms with Crippen molar-refractivity contribution in [1.82, 2.24) is 19.0 Å². The highest BCUT2D eigenvalue weighted by atomic mass is 32.2. The van der Waals surface area contributed by atoms with Crippen LogP contribution >= 0.6 is 24.0 Å². The van der Waals surface area contributed by atoms with Gasteiger partial charge in [0.05, 0.1) is 21.2 Å². The number of hydrogen-bond donors (Lipinski definition) is 0. The first-order chi connectivity index (χ1) is 16.6. The SMILES string of the molecule is CCC(C)N1C(=O)/C(=C\c2cn(-c3ccccc3)nc2-c2ccc(S(=O)(=O)N(C)C)cc2)SC1=S. The second kappa shape index (κ2) is 10.1. The zero-order valence-corrected chi connectivity index (χ0v) is 22.3. The minimum Gasteiger partial charge on any atom is -0.290 e. The van der Waals surface area contributed by atoms with Crippen LogP contribution in [0.2, 0.25) is 0 Å². The van der Waals surface area contributed by atoms with E-state index in [2.05, 4.69) is 0 Å². The first-order valence-electron chi connectivity index (χ1n) is 11.1. The third-order valence-corrected chi connectivity index (χ3v) is 8.97. The van der Waals surface area contributed by atoms with E-state index in [-0.39, 0.29) is 16.8 Å². The molecule has 4 rings (SSSR count). The third kappa shape index (κ3) is 4.97. The summed E-state index contributed by atoms with van der Waals surface area (Å²) in [5.74, 6) is -0.111. The molecule has 0 saturated carbocycles. The smallest absolute Gasteiger partial charge is 0.266 e. The summed E-state index contributed by atoms with van der Waals surface area (Å²) < 4.78 is 28.4. The number of amides is 1. The maximum Gasteiger partial charge on any atom is 0.266 e. The van der Waals surface area contributed by atoms with Gasteiger partial charge < -0.3 is 0 Å². The van der Waals surface area contributed by atoms with Gasteiger partial charge in [-0.1, -0.05) is 61.2 Å². The molecule has 0 spiro atoms. The second-order valence-corrected chi connectivity index (χ2v) is 12.2. The lowest BCUT2D eigenvalue weighted by molar-refractivity contribution is -0.123. The predicted octanol–water partition coefficient (Wildman–Crippen LogP) is 4.79. The van der Waals surface area contributed by atoms with E-state index in [1.165, 1.54) is 30.2 Å². The van der Waals surface area contributed by atoms with Crippen LogP contribution in [0.1, 0.15) is 25.8 Å². The average Bonchev–Trinajstić information content (AvgIpc) is 3.39. The van der Waals surface area contributed by atoms with Gasteiger partial charge in [0.15, 0.2) is 0 Å². The average molecular weight is 527 g/mol. The van der Waals surface area contributed by atoms with E-state index in [0.29, 0.717) is 14.9 Å². The molecular weight excluding hydrogens is 501 g/mol. The summed E-state index contributed by atoms with van der Waals surface area (Å²) in [5, 5.41) is 4.78. The Hall–Kier alpha value is -2.79. The van der Waals surface area contributed by atoms with Crippen molar-refractivity contribution in [3.63, 3.8) is 0 Å². The fourth-order valence-corrected chi connectivity index (χ4v) is 5.96. The molecule has 2 heterocycles. The lowest BCUT2D eigenvalue weighted by Gasteiger charge is -2.21. The molecule has 1 saturated heterocycles. The Labute approximate surface area is 215 Å². The summed E-state index contributed by atoms with van der Waals surface area (Å²) in [6.07, 6.45) is 4.48. The van der Waals surface area contributed by atoms with E-state index in [4.69, 9.17) is 17.3 Å². The van der Waals surface area contributed by atoms with Crippen molar-refractivity contribution >= 4 is 50.3 Å². The van der Waals surface area contributed by atoms with Gasteiger partial charge in [0, 0.05) is 37.5 Å². The van der Waals surface area contributed by atoms with E-state index < -0.39 is 10.0 Å². The van der Waals surface area contributed by atoms with Crippen LogP contribution in [0.25, 0.3) is 23.0 Å². The molecule has 35 heavy (non-hydrogen) atoms. The molecule has 2 aromatic carbocycles. The maximum absolute atomic E-state index is 13.1. The van der Waals surface area contributed by atoms with Crippen LogP contribution in [-0.4, -0.2) is 57.8 Å². The molecule has 1 fully saturated rings. The predicted molar refractivity (Wildman–Crippen MR) is 145 cm³/mol. The maximum atomic E-state index is 13.1. The number of aromatic nitrogens is 2. The summed E-state index contributed by atoms with van der Waals surface area (Å²) in [7, 11) is -0.548. The lowest BCUT2D eigenvalue weighted by Crippen LogP contribution is -2.36. The molecule has 7 nitrogen and oxygen atoms in total. The number of carbonyl (C=O) groups is 1. The number of rotatable bonds is 7. The largest absolute Gasteiger partial charge is 0.290 e. The zero-order chi connectivity index (χ0) is 25.3. The van der Waals surface area contributed by atoms with Gasteiger partial charge in [-0.15, -0.1) is 0 Å². The number of carbonyl (C=O) groups excluding carboxylic acids is 1. The molecule has 1 aromatic heterocycles. The van der Waals surface area contributed by atoms with Crippen LogP contribution in [0.5, 0.6) is 0 Å². The molecule has 1 aliphatic rings. The summed E-state index contributed by atoms with van der Waals surface area (Å²) in [4.78, 5) is 15.5. The molecule has 0 aliphatic carbocycles. The summed E-state index contributed by atoms with van der Waals surface area (Å²) in [6, 6.07) is 16.3. The molecule has 182 valence electrons. The lowest BCUT2D eigenvalue weighted by atomic mass is 10.1. The standard InChI is InChI=1S/C25H26N4O3S3/c1-5-17(2)29-24(30)22(34-25(29)33)15-19-16-28(20-9-7-6-8-10-20)26-23(19)18-11-13-21(14-12-18)35(31,32)27(3)4/h6-17H,5H2,1-4H3/b22-15+. The van der Waals surface area contributed by atoms with Crippen LogP contribution in [0.15, 0.2) is 70.6 Å². The number of benzene rings is 2. The van der Waals surface area contributed by atoms with Gasteiger partial charge in [-0.2, -0.15) is 5.10 Å². The van der Waals surface area contributed by atoms with Crippen molar-refractivity contribution in [1.29, 1.82) is 0 Å². The van der Waals surface area contributed by atoms with Gasteiger partial charge in [-0.05, 0) is 43.7 Å². The van der Waals surface area contributed by atoms with Crippen molar-refractivity contribution in [2.75, 3.05) is 14.1 Å². The van der Waals surface area contributed by atoms with E-state index in [1.54, 1.807) is 33.8 Å². The van der Waals surface area contributed by atoms with Crippen molar-refractivity contribution in [2.45, 2.75) is 31.2 Å². The van der Waals surface area contributed by atoms with Crippen LogP contribution in [-0.2, 0) is 14.8 Å². The molecule has 0 bridgehead atoms. The van der Waals surface area contributed by atoms with Gasteiger partial charge in [0.1, 0.15) is 4.32 Å². The summed E-state index contributed by atoms with van der Waals surface area (Å²) >= 11 is 6.76. The quantitative estimate of drug-likeness (QED) is 0.326. The molecule has 1 aliphatic heterocycles. The Morgan fingerprint density at radius 1 is 1.11 bits per heavy atom. The highest BCUT2D eigenvalue weighted by Gasteiger charge is 2.35.